The van der Waals surface area contributed by atoms with Crippen molar-refractivity contribution in [3.63, 3.8) is 0 Å². The molecule has 5 heteroatoms. The van der Waals surface area contributed by atoms with Crippen LogP contribution in [0.5, 0.6) is 0 Å². The minimum atomic E-state index is -0.621. The molecule has 0 saturated carbocycles. The second-order valence-electron chi connectivity index (χ2n) is 4.20. The quantitative estimate of drug-likeness (QED) is 0.570. The molecule has 0 spiro atoms. The zero-order valence-electron chi connectivity index (χ0n) is 11.1. The van der Waals surface area contributed by atoms with E-state index in [4.69, 9.17) is 10.5 Å². The number of carbonyl (C=O) groups is 2. The standard InChI is InChI=1S/C14H20N2O3/c1-19-14(18)12(9-5-6-10-15)16-13(17)11-7-3-2-4-8-11/h2-4,7-8,12H,5-6,9-10,15H2,1H3,(H,16,17)/t12-/m1/s1. The maximum atomic E-state index is 12.0. The first-order valence-corrected chi connectivity index (χ1v) is 6.33. The topological polar surface area (TPSA) is 81.4 Å². The Labute approximate surface area is 113 Å². The second-order valence-corrected chi connectivity index (χ2v) is 4.20. The van der Waals surface area contributed by atoms with E-state index in [0.29, 0.717) is 18.5 Å². The molecule has 0 aliphatic carbocycles. The number of amides is 1. The van der Waals surface area contributed by atoms with Crippen LogP contribution < -0.4 is 11.1 Å². The Morgan fingerprint density at radius 2 is 1.95 bits per heavy atom. The van der Waals surface area contributed by atoms with Gasteiger partial charge >= 0.3 is 5.97 Å². The highest BCUT2D eigenvalue weighted by molar-refractivity contribution is 5.96. The molecule has 0 bridgehead atoms. The van der Waals surface area contributed by atoms with Crippen LogP contribution in [-0.4, -0.2) is 31.6 Å². The summed E-state index contributed by atoms with van der Waals surface area (Å²) < 4.78 is 4.69. The summed E-state index contributed by atoms with van der Waals surface area (Å²) in [7, 11) is 1.31. The molecule has 0 heterocycles. The van der Waals surface area contributed by atoms with Crippen molar-refractivity contribution in [2.75, 3.05) is 13.7 Å². The maximum Gasteiger partial charge on any atom is 0.328 e. The maximum absolute atomic E-state index is 12.0. The molecule has 1 rings (SSSR count). The van der Waals surface area contributed by atoms with Gasteiger partial charge in [-0.2, -0.15) is 0 Å². The summed E-state index contributed by atoms with van der Waals surface area (Å²) in [4.78, 5) is 23.6. The Morgan fingerprint density at radius 3 is 2.53 bits per heavy atom. The molecule has 1 aromatic rings. The number of methoxy groups -OCH3 is 1. The van der Waals surface area contributed by atoms with Gasteiger partial charge in [0.25, 0.3) is 5.91 Å². The fourth-order valence-electron chi connectivity index (χ4n) is 1.72. The molecule has 0 fully saturated rings. The molecule has 1 amide bonds. The number of unbranched alkanes of at least 4 members (excludes halogenated alkanes) is 1. The molecule has 0 unspecified atom stereocenters. The number of carbonyl (C=O) groups excluding carboxylic acids is 2. The molecule has 1 atom stereocenters. The SMILES string of the molecule is COC(=O)[C@@H](CCCCN)NC(=O)c1ccccc1. The van der Waals surface area contributed by atoms with Crippen LogP contribution in [0.4, 0.5) is 0 Å². The summed E-state index contributed by atoms with van der Waals surface area (Å²) >= 11 is 0. The van der Waals surface area contributed by atoms with Crippen LogP contribution >= 0.6 is 0 Å². The van der Waals surface area contributed by atoms with Crippen molar-refractivity contribution in [1.29, 1.82) is 0 Å². The van der Waals surface area contributed by atoms with Gasteiger partial charge < -0.3 is 15.8 Å². The normalized spacial score (nSPS) is 11.7. The van der Waals surface area contributed by atoms with Crippen molar-refractivity contribution in [2.45, 2.75) is 25.3 Å². The molecular weight excluding hydrogens is 244 g/mol. The molecule has 0 saturated heterocycles. The summed E-state index contributed by atoms with van der Waals surface area (Å²) in [5.74, 6) is -0.704. The predicted molar refractivity (Wildman–Crippen MR) is 72.6 cm³/mol. The summed E-state index contributed by atoms with van der Waals surface area (Å²) in [6.07, 6.45) is 2.11. The first-order valence-electron chi connectivity index (χ1n) is 6.33. The van der Waals surface area contributed by atoms with Crippen LogP contribution in [0.2, 0.25) is 0 Å². The number of hydrogen-bond donors (Lipinski definition) is 2. The molecule has 0 aliphatic rings. The van der Waals surface area contributed by atoms with Crippen LogP contribution in [0.1, 0.15) is 29.6 Å². The zero-order chi connectivity index (χ0) is 14.1. The van der Waals surface area contributed by atoms with Crippen LogP contribution in [-0.2, 0) is 9.53 Å². The van der Waals surface area contributed by atoms with E-state index in [1.807, 2.05) is 6.07 Å². The average molecular weight is 264 g/mol. The fourth-order valence-corrected chi connectivity index (χ4v) is 1.72. The van der Waals surface area contributed by atoms with Crippen molar-refractivity contribution in [3.8, 4) is 0 Å². The summed E-state index contributed by atoms with van der Waals surface area (Å²) in [5, 5.41) is 2.69. The van der Waals surface area contributed by atoms with E-state index in [1.165, 1.54) is 7.11 Å². The zero-order valence-corrected chi connectivity index (χ0v) is 11.1. The lowest BCUT2D eigenvalue weighted by Gasteiger charge is -2.16. The number of nitrogens with one attached hydrogen (secondary N) is 1. The van der Waals surface area contributed by atoms with Gasteiger partial charge in [-0.1, -0.05) is 18.2 Å². The average Bonchev–Trinajstić information content (AvgIpc) is 2.46. The van der Waals surface area contributed by atoms with Gasteiger partial charge in [0.1, 0.15) is 6.04 Å². The van der Waals surface area contributed by atoms with E-state index in [0.717, 1.165) is 12.8 Å². The van der Waals surface area contributed by atoms with Crippen molar-refractivity contribution in [2.24, 2.45) is 5.73 Å². The van der Waals surface area contributed by atoms with Gasteiger partial charge in [-0.25, -0.2) is 4.79 Å². The first-order chi connectivity index (χ1) is 9.19. The van der Waals surface area contributed by atoms with E-state index in [2.05, 4.69) is 5.32 Å². The van der Waals surface area contributed by atoms with E-state index in [1.54, 1.807) is 24.3 Å². The van der Waals surface area contributed by atoms with Crippen LogP contribution in [0.25, 0.3) is 0 Å². The highest BCUT2D eigenvalue weighted by atomic mass is 16.5. The lowest BCUT2D eigenvalue weighted by Crippen LogP contribution is -2.41. The van der Waals surface area contributed by atoms with Crippen LogP contribution in [0.3, 0.4) is 0 Å². The minimum Gasteiger partial charge on any atom is -0.467 e. The number of ether oxygens (including phenoxy) is 1. The predicted octanol–water partition coefficient (Wildman–Crippen LogP) is 1.09. The lowest BCUT2D eigenvalue weighted by molar-refractivity contribution is -0.143. The molecule has 0 aliphatic heterocycles. The third kappa shape index (κ3) is 5.09. The van der Waals surface area contributed by atoms with E-state index in [9.17, 15) is 9.59 Å². The molecule has 3 N–H and O–H groups in total. The van der Waals surface area contributed by atoms with Gasteiger partial charge in [-0.05, 0) is 37.9 Å². The third-order valence-corrected chi connectivity index (χ3v) is 2.77. The van der Waals surface area contributed by atoms with Crippen molar-refractivity contribution >= 4 is 11.9 Å². The second kappa shape index (κ2) is 8.26. The van der Waals surface area contributed by atoms with Gasteiger partial charge in [-0.3, -0.25) is 4.79 Å². The van der Waals surface area contributed by atoms with E-state index < -0.39 is 12.0 Å². The molecular formula is C14H20N2O3. The van der Waals surface area contributed by atoms with Gasteiger partial charge in [0.05, 0.1) is 7.11 Å². The van der Waals surface area contributed by atoms with Crippen molar-refractivity contribution in [1.82, 2.24) is 5.32 Å². The number of hydrogen-bond acceptors (Lipinski definition) is 4. The highest BCUT2D eigenvalue weighted by Crippen LogP contribution is 2.05. The molecule has 19 heavy (non-hydrogen) atoms. The molecule has 1 aromatic carbocycles. The number of benzene rings is 1. The Morgan fingerprint density at radius 1 is 1.26 bits per heavy atom. The largest absolute Gasteiger partial charge is 0.467 e. The van der Waals surface area contributed by atoms with Crippen LogP contribution in [0.15, 0.2) is 30.3 Å². The molecule has 5 nitrogen and oxygen atoms in total. The lowest BCUT2D eigenvalue weighted by atomic mass is 10.1. The van der Waals surface area contributed by atoms with Gasteiger partial charge in [-0.15, -0.1) is 0 Å². The molecule has 0 radical (unpaired) electrons. The van der Waals surface area contributed by atoms with Crippen LogP contribution in [0, 0.1) is 0 Å². The van der Waals surface area contributed by atoms with Gasteiger partial charge in [0.15, 0.2) is 0 Å². The first kappa shape index (κ1) is 15.2. The van der Waals surface area contributed by atoms with E-state index in [-0.39, 0.29) is 5.91 Å². The Bertz CT molecular complexity index is 406. The molecule has 0 aromatic heterocycles. The van der Waals surface area contributed by atoms with Gasteiger partial charge in [0, 0.05) is 5.56 Å². The Balaban J connectivity index is 2.61. The highest BCUT2D eigenvalue weighted by Gasteiger charge is 2.21. The third-order valence-electron chi connectivity index (χ3n) is 2.77. The Kier molecular flexibility index (Phi) is 6.60. The Hall–Kier alpha value is -1.88. The smallest absolute Gasteiger partial charge is 0.328 e. The monoisotopic (exact) mass is 264 g/mol. The van der Waals surface area contributed by atoms with E-state index >= 15 is 0 Å². The molecule has 104 valence electrons. The van der Waals surface area contributed by atoms with Crippen molar-refractivity contribution in [3.05, 3.63) is 35.9 Å². The van der Waals surface area contributed by atoms with Gasteiger partial charge in [0.2, 0.25) is 0 Å². The fraction of sp³-hybridized carbons (Fsp3) is 0.429. The minimum absolute atomic E-state index is 0.274. The number of rotatable bonds is 7. The number of esters is 1. The van der Waals surface area contributed by atoms with Crippen molar-refractivity contribution < 1.29 is 14.3 Å². The summed E-state index contributed by atoms with van der Waals surface area (Å²) in [5.41, 5.74) is 5.94. The summed E-state index contributed by atoms with van der Waals surface area (Å²) in [6, 6.07) is 8.15. The summed E-state index contributed by atoms with van der Waals surface area (Å²) in [6.45, 7) is 0.570. The number of nitrogens with two attached hydrogens (primary N) is 1.